The first-order valence-electron chi connectivity index (χ1n) is 17.6. The molecule has 1 saturated heterocycles. The predicted molar refractivity (Wildman–Crippen MR) is 202 cm³/mol. The van der Waals surface area contributed by atoms with Gasteiger partial charge in [0.25, 0.3) is 5.91 Å². The molecule has 4 rings (SSSR count). The van der Waals surface area contributed by atoms with E-state index in [1.54, 1.807) is 6.07 Å². The number of nitrogens with zero attached hydrogens (tertiary/aromatic N) is 4. The van der Waals surface area contributed by atoms with Gasteiger partial charge >= 0.3 is 0 Å². The van der Waals surface area contributed by atoms with Crippen LogP contribution in [0.3, 0.4) is 0 Å². The van der Waals surface area contributed by atoms with Crippen LogP contribution in [0.1, 0.15) is 101 Å². The molecule has 1 unspecified atom stereocenters. The summed E-state index contributed by atoms with van der Waals surface area (Å²) in [7, 11) is 0. The number of anilines is 1. The summed E-state index contributed by atoms with van der Waals surface area (Å²) in [5, 5.41) is 3.79. The third-order valence-electron chi connectivity index (χ3n) is 9.91. The largest absolute Gasteiger partial charge is 0.493 e. The number of aryl methyl sites for hydroxylation is 1. The number of piperazine rings is 1. The van der Waals surface area contributed by atoms with Crippen LogP contribution in [-0.2, 0) is 15.6 Å². The number of hydrogen-bond donors (Lipinski definition) is 1. The minimum absolute atomic E-state index is 0.00688. The summed E-state index contributed by atoms with van der Waals surface area (Å²) in [6.45, 7) is 20.6. The average Bonchev–Trinajstić information content (AvgIpc) is 3.08. The first-order chi connectivity index (χ1) is 23.2. The van der Waals surface area contributed by atoms with Gasteiger partial charge in [-0.2, -0.15) is 0 Å². The van der Waals surface area contributed by atoms with Crippen molar-refractivity contribution in [3.8, 4) is 5.75 Å². The van der Waals surface area contributed by atoms with E-state index in [1.165, 1.54) is 22.9 Å². The van der Waals surface area contributed by atoms with Gasteiger partial charge in [-0.3, -0.25) is 9.59 Å². The van der Waals surface area contributed by atoms with Gasteiger partial charge in [0.2, 0.25) is 5.91 Å². The minimum atomic E-state index is -0.0750. The van der Waals surface area contributed by atoms with Gasteiger partial charge in [0.1, 0.15) is 16.7 Å². The smallest absolute Gasteiger partial charge is 0.254 e. The summed E-state index contributed by atoms with van der Waals surface area (Å²) in [5.74, 6) is 1.81. The fourth-order valence-corrected chi connectivity index (χ4v) is 6.67. The first kappa shape index (κ1) is 38.5. The monoisotopic (exact) mass is 707 g/mol. The molecule has 10 heteroatoms. The van der Waals surface area contributed by atoms with Crippen LogP contribution in [0, 0.1) is 6.92 Å². The first-order valence-corrected chi connectivity index (χ1v) is 18.9. The van der Waals surface area contributed by atoms with E-state index in [-0.39, 0.29) is 34.4 Å². The van der Waals surface area contributed by atoms with Gasteiger partial charge in [-0.1, -0.05) is 94.7 Å². The van der Waals surface area contributed by atoms with Gasteiger partial charge in [0, 0.05) is 49.4 Å². The third kappa shape index (κ3) is 10.4. The van der Waals surface area contributed by atoms with E-state index in [0.717, 1.165) is 37.0 Å². The van der Waals surface area contributed by atoms with Crippen molar-refractivity contribution in [2.45, 2.75) is 103 Å². The van der Waals surface area contributed by atoms with E-state index in [1.807, 2.05) is 43.0 Å². The lowest BCUT2D eigenvalue weighted by Crippen LogP contribution is -2.54. The molecule has 266 valence electrons. The predicted octanol–water partition coefficient (Wildman–Crippen LogP) is 8.23. The van der Waals surface area contributed by atoms with Gasteiger partial charge in [-0.25, -0.2) is 9.97 Å². The Morgan fingerprint density at radius 3 is 2.37 bits per heavy atom. The molecule has 2 heterocycles. The molecule has 0 spiro atoms. The molecule has 8 nitrogen and oxygen atoms in total. The van der Waals surface area contributed by atoms with Crippen molar-refractivity contribution in [2.75, 3.05) is 43.4 Å². The maximum absolute atomic E-state index is 13.1. The molecule has 2 aromatic carbocycles. The Kier molecular flexibility index (Phi) is 13.4. The van der Waals surface area contributed by atoms with E-state index >= 15 is 0 Å². The van der Waals surface area contributed by atoms with Crippen LogP contribution >= 0.6 is 23.4 Å². The average molecular weight is 708 g/mol. The van der Waals surface area contributed by atoms with Crippen molar-refractivity contribution in [3.05, 3.63) is 75.9 Å². The number of ether oxygens (including phenoxy) is 1. The second-order valence-corrected chi connectivity index (χ2v) is 15.7. The standard InChI is InChI=1S/C39H54ClN5O3S/c1-9-38(5,6)30-17-18-32(31(23-30)39(7,8)10-2)48-22-12-11-19-41-35(46)26-49-37-42-33(40)24-34(43-37)44-20-21-45(28(4)25-44)36(47)29-15-13-27(3)14-16-29/h13-18,23-24,28H,9-12,19-22,25-26H2,1-8H3,(H,41,46). The number of thioether (sulfide) groups is 1. The van der Waals surface area contributed by atoms with Crippen molar-refractivity contribution in [1.29, 1.82) is 0 Å². The Balaban J connectivity index is 1.22. The summed E-state index contributed by atoms with van der Waals surface area (Å²) in [6.07, 6.45) is 3.76. The summed E-state index contributed by atoms with van der Waals surface area (Å²) < 4.78 is 6.29. The Morgan fingerprint density at radius 1 is 0.980 bits per heavy atom. The summed E-state index contributed by atoms with van der Waals surface area (Å²) in [5.41, 5.74) is 4.57. The molecule has 1 atom stereocenters. The highest BCUT2D eigenvalue weighted by molar-refractivity contribution is 7.99. The Morgan fingerprint density at radius 2 is 1.69 bits per heavy atom. The number of carbonyl (C=O) groups is 2. The molecular formula is C39H54ClN5O3S. The molecule has 1 aromatic heterocycles. The van der Waals surface area contributed by atoms with Crippen molar-refractivity contribution in [3.63, 3.8) is 0 Å². The molecule has 0 bridgehead atoms. The number of aromatic nitrogens is 2. The molecule has 1 aliphatic rings. The van der Waals surface area contributed by atoms with Gasteiger partial charge in [0.05, 0.1) is 12.4 Å². The number of rotatable bonds is 15. The van der Waals surface area contributed by atoms with E-state index < -0.39 is 0 Å². The Hall–Kier alpha value is -3.30. The lowest BCUT2D eigenvalue weighted by molar-refractivity contribution is -0.118. The van der Waals surface area contributed by atoms with Crippen LogP contribution < -0.4 is 15.0 Å². The lowest BCUT2D eigenvalue weighted by Gasteiger charge is -2.40. The molecule has 1 fully saturated rings. The maximum Gasteiger partial charge on any atom is 0.254 e. The van der Waals surface area contributed by atoms with E-state index in [2.05, 4.69) is 74.9 Å². The second-order valence-electron chi connectivity index (χ2n) is 14.4. The summed E-state index contributed by atoms with van der Waals surface area (Å²) in [6, 6.07) is 16.1. The zero-order valence-electron chi connectivity index (χ0n) is 30.6. The molecule has 1 aliphatic heterocycles. The number of benzene rings is 2. The topological polar surface area (TPSA) is 87.7 Å². The molecular weight excluding hydrogens is 654 g/mol. The van der Waals surface area contributed by atoms with E-state index in [9.17, 15) is 9.59 Å². The third-order valence-corrected chi connectivity index (χ3v) is 11.0. The van der Waals surface area contributed by atoms with Gasteiger partial charge < -0.3 is 19.9 Å². The van der Waals surface area contributed by atoms with E-state index in [0.29, 0.717) is 54.5 Å². The van der Waals surface area contributed by atoms with Crippen LogP contribution in [0.15, 0.2) is 53.7 Å². The summed E-state index contributed by atoms with van der Waals surface area (Å²) >= 11 is 7.64. The number of amides is 2. The van der Waals surface area contributed by atoms with Crippen molar-refractivity contribution < 1.29 is 14.3 Å². The molecule has 49 heavy (non-hydrogen) atoms. The fourth-order valence-electron chi connectivity index (χ4n) is 5.76. The normalized spacial score (nSPS) is 15.3. The number of halogens is 1. The number of hydrogen-bond acceptors (Lipinski definition) is 7. The molecule has 0 saturated carbocycles. The van der Waals surface area contributed by atoms with Crippen molar-refractivity contribution in [2.24, 2.45) is 0 Å². The SMILES string of the molecule is CCC(C)(C)c1ccc(OCCCCNC(=O)CSc2nc(Cl)cc(N3CCN(C(=O)c4ccc(C)cc4)C(C)C3)n2)c(C(C)(C)CC)c1. The second kappa shape index (κ2) is 17.1. The lowest BCUT2D eigenvalue weighted by atomic mass is 9.76. The quantitative estimate of drug-likeness (QED) is 0.0737. The van der Waals surface area contributed by atoms with Gasteiger partial charge in [0.15, 0.2) is 5.16 Å². The number of unbranched alkanes of at least 4 members (excludes halogenated alkanes) is 1. The van der Waals surface area contributed by atoms with Crippen LogP contribution in [-0.4, -0.2) is 71.3 Å². The Labute approximate surface area is 302 Å². The minimum Gasteiger partial charge on any atom is -0.493 e. The van der Waals surface area contributed by atoms with Crippen LogP contribution in [0.4, 0.5) is 5.82 Å². The maximum atomic E-state index is 13.1. The highest BCUT2D eigenvalue weighted by Crippen LogP contribution is 2.38. The zero-order chi connectivity index (χ0) is 35.8. The Bertz CT molecular complexity index is 1580. The molecule has 0 radical (unpaired) electrons. The van der Waals surface area contributed by atoms with Crippen molar-refractivity contribution in [1.82, 2.24) is 20.2 Å². The van der Waals surface area contributed by atoms with E-state index in [4.69, 9.17) is 21.3 Å². The van der Waals surface area contributed by atoms with Crippen LogP contribution in [0.2, 0.25) is 5.15 Å². The molecule has 2 amide bonds. The zero-order valence-corrected chi connectivity index (χ0v) is 32.1. The number of nitrogens with one attached hydrogen (secondary N) is 1. The number of carbonyl (C=O) groups excluding carboxylic acids is 2. The molecule has 3 aromatic rings. The molecule has 1 N–H and O–H groups in total. The highest BCUT2D eigenvalue weighted by Gasteiger charge is 2.30. The van der Waals surface area contributed by atoms with Crippen LogP contribution in [0.25, 0.3) is 0 Å². The molecule has 0 aliphatic carbocycles. The van der Waals surface area contributed by atoms with Crippen molar-refractivity contribution >= 4 is 41.0 Å². The highest BCUT2D eigenvalue weighted by atomic mass is 35.5. The van der Waals surface area contributed by atoms with Gasteiger partial charge in [-0.05, 0) is 74.1 Å². The van der Waals surface area contributed by atoms with Gasteiger partial charge in [-0.15, -0.1) is 0 Å². The van der Waals surface area contributed by atoms with Crippen LogP contribution in [0.5, 0.6) is 5.75 Å². The summed E-state index contributed by atoms with van der Waals surface area (Å²) in [4.78, 5) is 38.8. The fraction of sp³-hybridized carbons (Fsp3) is 0.538.